The molecule has 0 spiro atoms. The minimum atomic E-state index is -0.967. The van der Waals surface area contributed by atoms with Crippen LogP contribution < -0.4 is 0 Å². The van der Waals surface area contributed by atoms with Gasteiger partial charge in [0.25, 0.3) is 0 Å². The van der Waals surface area contributed by atoms with E-state index < -0.39 is 5.97 Å². The molecule has 1 aromatic heterocycles. The SMILES string of the molecule is O=C(O)c1ccc(Cl)c2c(Cl)csc12. The van der Waals surface area contributed by atoms with Gasteiger partial charge in [-0.05, 0) is 12.1 Å². The van der Waals surface area contributed by atoms with Crippen LogP contribution in [0, 0.1) is 0 Å². The van der Waals surface area contributed by atoms with Crippen LogP contribution in [0.2, 0.25) is 10.0 Å². The Morgan fingerprint density at radius 3 is 2.64 bits per heavy atom. The van der Waals surface area contributed by atoms with E-state index in [1.807, 2.05) is 0 Å². The Morgan fingerprint density at radius 1 is 1.29 bits per heavy atom. The number of rotatable bonds is 1. The lowest BCUT2D eigenvalue weighted by atomic mass is 10.2. The highest BCUT2D eigenvalue weighted by molar-refractivity contribution is 7.18. The van der Waals surface area contributed by atoms with Gasteiger partial charge in [-0.3, -0.25) is 0 Å². The number of hydrogen-bond acceptors (Lipinski definition) is 2. The minimum Gasteiger partial charge on any atom is -0.478 e. The number of carbonyl (C=O) groups is 1. The Morgan fingerprint density at radius 2 is 2.00 bits per heavy atom. The molecule has 0 saturated carbocycles. The number of carboxylic acid groups (broad SMARTS) is 1. The van der Waals surface area contributed by atoms with Crippen molar-refractivity contribution in [2.45, 2.75) is 0 Å². The van der Waals surface area contributed by atoms with Gasteiger partial charge in [0.1, 0.15) is 0 Å². The number of thiophene rings is 1. The lowest BCUT2D eigenvalue weighted by Crippen LogP contribution is -1.95. The zero-order chi connectivity index (χ0) is 10.3. The molecule has 0 unspecified atom stereocenters. The summed E-state index contributed by atoms with van der Waals surface area (Å²) < 4.78 is 0.620. The van der Waals surface area contributed by atoms with Crippen molar-refractivity contribution in [2.24, 2.45) is 0 Å². The summed E-state index contributed by atoms with van der Waals surface area (Å²) >= 11 is 13.1. The molecule has 0 amide bonds. The van der Waals surface area contributed by atoms with Crippen molar-refractivity contribution in [2.75, 3.05) is 0 Å². The lowest BCUT2D eigenvalue weighted by molar-refractivity contribution is 0.0699. The van der Waals surface area contributed by atoms with Gasteiger partial charge in [-0.15, -0.1) is 11.3 Å². The average molecular weight is 247 g/mol. The molecule has 0 aliphatic rings. The van der Waals surface area contributed by atoms with Crippen molar-refractivity contribution in [3.63, 3.8) is 0 Å². The summed E-state index contributed by atoms with van der Waals surface area (Å²) in [5, 5.41) is 12.2. The third-order valence-corrected chi connectivity index (χ3v) is 3.61. The molecule has 5 heteroatoms. The van der Waals surface area contributed by atoms with E-state index in [0.29, 0.717) is 20.1 Å². The molecule has 72 valence electrons. The molecular weight excluding hydrogens is 243 g/mol. The van der Waals surface area contributed by atoms with E-state index in [1.165, 1.54) is 17.4 Å². The normalized spacial score (nSPS) is 10.7. The number of hydrogen-bond donors (Lipinski definition) is 1. The topological polar surface area (TPSA) is 37.3 Å². The molecule has 0 saturated heterocycles. The van der Waals surface area contributed by atoms with Crippen LogP contribution in [0.1, 0.15) is 10.4 Å². The van der Waals surface area contributed by atoms with Gasteiger partial charge in [0.05, 0.1) is 20.3 Å². The van der Waals surface area contributed by atoms with E-state index in [9.17, 15) is 4.79 Å². The standard InChI is InChI=1S/C9H4Cl2O2S/c10-5-2-1-4(9(12)13)8-7(5)6(11)3-14-8/h1-3H,(H,12,13). The van der Waals surface area contributed by atoms with E-state index >= 15 is 0 Å². The molecule has 2 aromatic rings. The highest BCUT2D eigenvalue weighted by atomic mass is 35.5. The maximum Gasteiger partial charge on any atom is 0.337 e. The second-order valence-corrected chi connectivity index (χ2v) is 4.38. The van der Waals surface area contributed by atoms with E-state index in [1.54, 1.807) is 11.4 Å². The van der Waals surface area contributed by atoms with Gasteiger partial charge < -0.3 is 5.11 Å². The Bertz CT molecular complexity index is 519. The number of fused-ring (bicyclic) bond motifs is 1. The second-order valence-electron chi connectivity index (χ2n) is 2.69. The largest absolute Gasteiger partial charge is 0.478 e. The fourth-order valence-electron chi connectivity index (χ4n) is 1.24. The zero-order valence-corrected chi connectivity index (χ0v) is 9.08. The van der Waals surface area contributed by atoms with Crippen LogP contribution in [0.25, 0.3) is 10.1 Å². The summed E-state index contributed by atoms with van der Waals surface area (Å²) in [4.78, 5) is 10.9. The predicted octanol–water partition coefficient (Wildman–Crippen LogP) is 3.91. The molecular formula is C9H4Cl2O2S. The zero-order valence-electron chi connectivity index (χ0n) is 6.75. The summed E-state index contributed by atoms with van der Waals surface area (Å²) in [6.45, 7) is 0. The summed E-state index contributed by atoms with van der Waals surface area (Å²) in [7, 11) is 0. The predicted molar refractivity (Wildman–Crippen MR) is 58.8 cm³/mol. The first-order valence-corrected chi connectivity index (χ1v) is 5.33. The fraction of sp³-hybridized carbons (Fsp3) is 0. The molecule has 0 atom stereocenters. The van der Waals surface area contributed by atoms with Crippen molar-refractivity contribution in [3.05, 3.63) is 33.1 Å². The van der Waals surface area contributed by atoms with Gasteiger partial charge in [-0.2, -0.15) is 0 Å². The number of carboxylic acids is 1. The van der Waals surface area contributed by atoms with Crippen LogP contribution in [-0.4, -0.2) is 11.1 Å². The van der Waals surface area contributed by atoms with Crippen molar-refractivity contribution >= 4 is 50.6 Å². The van der Waals surface area contributed by atoms with Gasteiger partial charge >= 0.3 is 5.97 Å². The van der Waals surface area contributed by atoms with Crippen molar-refractivity contribution in [1.29, 1.82) is 0 Å². The molecule has 0 bridgehead atoms. The van der Waals surface area contributed by atoms with Crippen LogP contribution >= 0.6 is 34.5 Å². The Hall–Kier alpha value is -0.770. The molecule has 1 aromatic carbocycles. The molecule has 1 heterocycles. The van der Waals surface area contributed by atoms with Crippen LogP contribution in [0.4, 0.5) is 0 Å². The van der Waals surface area contributed by atoms with E-state index in [0.717, 1.165) is 0 Å². The van der Waals surface area contributed by atoms with Gasteiger partial charge in [0, 0.05) is 10.8 Å². The molecule has 2 nitrogen and oxygen atoms in total. The quantitative estimate of drug-likeness (QED) is 0.829. The molecule has 0 fully saturated rings. The van der Waals surface area contributed by atoms with E-state index in [2.05, 4.69) is 0 Å². The summed E-state index contributed by atoms with van der Waals surface area (Å²) in [5.41, 5.74) is 0.237. The summed E-state index contributed by atoms with van der Waals surface area (Å²) in [6, 6.07) is 3.03. The maximum atomic E-state index is 10.9. The van der Waals surface area contributed by atoms with Crippen molar-refractivity contribution < 1.29 is 9.90 Å². The Balaban J connectivity index is 2.90. The van der Waals surface area contributed by atoms with Crippen LogP contribution in [0.5, 0.6) is 0 Å². The van der Waals surface area contributed by atoms with E-state index in [4.69, 9.17) is 28.3 Å². The third kappa shape index (κ3) is 1.38. The molecule has 0 aliphatic heterocycles. The van der Waals surface area contributed by atoms with Gasteiger partial charge in [-0.25, -0.2) is 4.79 Å². The van der Waals surface area contributed by atoms with Crippen molar-refractivity contribution in [1.82, 2.24) is 0 Å². The smallest absolute Gasteiger partial charge is 0.337 e. The van der Waals surface area contributed by atoms with Crippen LogP contribution in [0.3, 0.4) is 0 Å². The summed E-state index contributed by atoms with van der Waals surface area (Å²) in [6.07, 6.45) is 0. The first-order valence-electron chi connectivity index (χ1n) is 3.69. The highest BCUT2D eigenvalue weighted by Crippen LogP contribution is 2.37. The lowest BCUT2D eigenvalue weighted by Gasteiger charge is -1.98. The average Bonchev–Trinajstić information content (AvgIpc) is 2.49. The third-order valence-electron chi connectivity index (χ3n) is 1.86. The second kappa shape index (κ2) is 3.42. The first kappa shape index (κ1) is 9.77. The number of aromatic carboxylic acids is 1. The minimum absolute atomic E-state index is 0.237. The fourth-order valence-corrected chi connectivity index (χ4v) is 2.95. The van der Waals surface area contributed by atoms with E-state index in [-0.39, 0.29) is 5.56 Å². The Labute approximate surface area is 93.7 Å². The number of halogens is 2. The molecule has 0 aliphatic carbocycles. The van der Waals surface area contributed by atoms with Crippen LogP contribution in [-0.2, 0) is 0 Å². The molecule has 1 N–H and O–H groups in total. The molecule has 0 radical (unpaired) electrons. The monoisotopic (exact) mass is 246 g/mol. The highest BCUT2D eigenvalue weighted by Gasteiger charge is 2.14. The van der Waals surface area contributed by atoms with Crippen LogP contribution in [0.15, 0.2) is 17.5 Å². The van der Waals surface area contributed by atoms with Gasteiger partial charge in [-0.1, -0.05) is 23.2 Å². The summed E-state index contributed by atoms with van der Waals surface area (Å²) in [5.74, 6) is -0.967. The number of benzene rings is 1. The van der Waals surface area contributed by atoms with Gasteiger partial charge in [0.15, 0.2) is 0 Å². The molecule has 2 rings (SSSR count). The Kier molecular flexibility index (Phi) is 2.39. The van der Waals surface area contributed by atoms with Gasteiger partial charge in [0.2, 0.25) is 0 Å². The molecule has 14 heavy (non-hydrogen) atoms. The van der Waals surface area contributed by atoms with Crippen molar-refractivity contribution in [3.8, 4) is 0 Å². The maximum absolute atomic E-state index is 10.9. The first-order chi connectivity index (χ1) is 6.61.